The van der Waals surface area contributed by atoms with Crippen LogP contribution in [0.5, 0.6) is 0 Å². The quantitative estimate of drug-likeness (QED) is 0.389. The molecular formula is C14H19Cl3N4OS. The number of hydrazine groups is 1. The zero-order chi connectivity index (χ0) is 16.7. The lowest BCUT2D eigenvalue weighted by molar-refractivity contribution is 0.0376. The number of hydrogen-bond donors (Lipinski definition) is 3. The van der Waals surface area contributed by atoms with Gasteiger partial charge >= 0.3 is 0 Å². The Kier molecular flexibility index (Phi) is 7.95. The summed E-state index contributed by atoms with van der Waals surface area (Å²) in [5.74, 6) is 0. The van der Waals surface area contributed by atoms with Gasteiger partial charge in [-0.3, -0.25) is 15.8 Å². The van der Waals surface area contributed by atoms with Gasteiger partial charge in [-0.15, -0.1) is 0 Å². The van der Waals surface area contributed by atoms with Crippen LogP contribution in [0.25, 0.3) is 0 Å². The van der Waals surface area contributed by atoms with Crippen molar-refractivity contribution < 1.29 is 4.74 Å². The van der Waals surface area contributed by atoms with Crippen molar-refractivity contribution in [2.45, 2.75) is 6.42 Å². The van der Waals surface area contributed by atoms with Crippen LogP contribution < -0.4 is 16.2 Å². The summed E-state index contributed by atoms with van der Waals surface area (Å²) in [6.07, 6.45) is 1.00. The van der Waals surface area contributed by atoms with E-state index in [0.717, 1.165) is 45.8 Å². The number of anilines is 1. The lowest BCUT2D eigenvalue weighted by Gasteiger charge is -2.26. The van der Waals surface area contributed by atoms with Gasteiger partial charge in [-0.05, 0) is 37.3 Å². The summed E-state index contributed by atoms with van der Waals surface area (Å²) in [6.45, 7) is 5.45. The topological polar surface area (TPSA) is 48.6 Å². The molecule has 1 aliphatic rings. The number of nitrogens with one attached hydrogen (secondary N) is 3. The number of hydrogen-bond acceptors (Lipinski definition) is 4. The van der Waals surface area contributed by atoms with Crippen LogP contribution in [0.2, 0.25) is 15.1 Å². The Morgan fingerprint density at radius 3 is 2.48 bits per heavy atom. The second-order valence-electron chi connectivity index (χ2n) is 5.06. The normalized spacial score (nSPS) is 15.3. The van der Waals surface area contributed by atoms with E-state index in [2.05, 4.69) is 21.1 Å². The highest BCUT2D eigenvalue weighted by molar-refractivity contribution is 7.80. The second-order valence-corrected chi connectivity index (χ2v) is 6.72. The molecule has 1 heterocycles. The molecule has 0 aromatic heterocycles. The summed E-state index contributed by atoms with van der Waals surface area (Å²) in [5, 5.41) is 4.93. The van der Waals surface area contributed by atoms with E-state index in [1.807, 2.05) is 0 Å². The van der Waals surface area contributed by atoms with Crippen LogP contribution in [-0.2, 0) is 4.74 Å². The molecule has 9 heteroatoms. The maximum absolute atomic E-state index is 6.08. The Morgan fingerprint density at radius 1 is 1.17 bits per heavy atom. The third-order valence-corrected chi connectivity index (χ3v) is 4.41. The maximum atomic E-state index is 6.08. The molecule has 0 aliphatic carbocycles. The van der Waals surface area contributed by atoms with Crippen LogP contribution in [0.4, 0.5) is 5.69 Å². The monoisotopic (exact) mass is 396 g/mol. The van der Waals surface area contributed by atoms with Gasteiger partial charge in [0.2, 0.25) is 0 Å². The molecular weight excluding hydrogens is 379 g/mol. The van der Waals surface area contributed by atoms with Gasteiger partial charge < -0.3 is 10.1 Å². The predicted octanol–water partition coefficient (Wildman–Crippen LogP) is 3.16. The van der Waals surface area contributed by atoms with E-state index >= 15 is 0 Å². The van der Waals surface area contributed by atoms with E-state index < -0.39 is 0 Å². The highest BCUT2D eigenvalue weighted by Gasteiger charge is 2.10. The summed E-state index contributed by atoms with van der Waals surface area (Å²) in [5.41, 5.74) is 6.30. The summed E-state index contributed by atoms with van der Waals surface area (Å²) in [7, 11) is 0. The SMILES string of the molecule is S=C(NCCCN1CCOCC1)NNc1c(Cl)cc(Cl)cc1Cl. The first-order valence-corrected chi connectivity index (χ1v) is 8.85. The number of benzene rings is 1. The third-order valence-electron chi connectivity index (χ3n) is 3.35. The molecule has 0 spiro atoms. The van der Waals surface area contributed by atoms with Gasteiger partial charge in [0.25, 0.3) is 0 Å². The molecule has 3 N–H and O–H groups in total. The lowest BCUT2D eigenvalue weighted by atomic mass is 10.3. The molecule has 0 unspecified atom stereocenters. The molecule has 0 saturated carbocycles. The van der Waals surface area contributed by atoms with E-state index in [1.54, 1.807) is 12.1 Å². The second kappa shape index (κ2) is 9.71. The van der Waals surface area contributed by atoms with Gasteiger partial charge in [0.05, 0.1) is 28.9 Å². The molecule has 1 saturated heterocycles. The van der Waals surface area contributed by atoms with Gasteiger partial charge in [0.1, 0.15) is 0 Å². The van der Waals surface area contributed by atoms with E-state index in [0.29, 0.717) is 25.9 Å². The van der Waals surface area contributed by atoms with Gasteiger partial charge in [0.15, 0.2) is 5.11 Å². The highest BCUT2D eigenvalue weighted by Crippen LogP contribution is 2.32. The number of rotatable bonds is 6. The Balaban J connectivity index is 1.65. The molecule has 1 aliphatic heterocycles. The van der Waals surface area contributed by atoms with Crippen LogP contribution in [-0.4, -0.2) is 49.4 Å². The minimum absolute atomic E-state index is 0.421. The number of nitrogens with zero attached hydrogens (tertiary/aromatic N) is 1. The van der Waals surface area contributed by atoms with Gasteiger partial charge in [0, 0.05) is 24.7 Å². The first-order chi connectivity index (χ1) is 11.1. The molecule has 0 atom stereocenters. The standard InChI is InChI=1S/C14H19Cl3N4OS/c15-10-8-11(16)13(12(17)9-10)19-20-14(23)18-2-1-3-21-4-6-22-7-5-21/h8-9,19H,1-7H2,(H2,18,20,23). The van der Waals surface area contributed by atoms with Gasteiger partial charge in [-0.1, -0.05) is 34.8 Å². The van der Waals surface area contributed by atoms with Crippen LogP contribution in [0.3, 0.4) is 0 Å². The average molecular weight is 398 g/mol. The molecule has 0 radical (unpaired) electrons. The average Bonchev–Trinajstić information content (AvgIpc) is 2.51. The van der Waals surface area contributed by atoms with Crippen molar-refractivity contribution in [3.63, 3.8) is 0 Å². The van der Waals surface area contributed by atoms with Crippen LogP contribution in [0.15, 0.2) is 12.1 Å². The molecule has 1 aromatic carbocycles. The molecule has 0 bridgehead atoms. The Hall–Kier alpha value is -0.500. The zero-order valence-electron chi connectivity index (χ0n) is 12.5. The fourth-order valence-electron chi connectivity index (χ4n) is 2.15. The molecule has 5 nitrogen and oxygen atoms in total. The van der Waals surface area contributed by atoms with Crippen molar-refractivity contribution in [2.75, 3.05) is 44.8 Å². The number of ether oxygens (including phenoxy) is 1. The summed E-state index contributed by atoms with van der Waals surface area (Å²) in [6, 6.07) is 3.22. The minimum Gasteiger partial charge on any atom is -0.379 e. The third kappa shape index (κ3) is 6.49. The summed E-state index contributed by atoms with van der Waals surface area (Å²) in [4.78, 5) is 2.38. The van der Waals surface area contributed by atoms with E-state index in [4.69, 9.17) is 51.8 Å². The minimum atomic E-state index is 0.421. The molecule has 1 fully saturated rings. The number of thiocarbonyl (C=S) groups is 1. The molecule has 2 rings (SSSR count). The van der Waals surface area contributed by atoms with Crippen molar-refractivity contribution in [3.8, 4) is 0 Å². The summed E-state index contributed by atoms with van der Waals surface area (Å²) >= 11 is 23.2. The fraction of sp³-hybridized carbons (Fsp3) is 0.500. The van der Waals surface area contributed by atoms with Crippen molar-refractivity contribution in [1.82, 2.24) is 15.6 Å². The van der Waals surface area contributed by atoms with Gasteiger partial charge in [-0.2, -0.15) is 0 Å². The largest absolute Gasteiger partial charge is 0.379 e. The smallest absolute Gasteiger partial charge is 0.185 e. The summed E-state index contributed by atoms with van der Waals surface area (Å²) < 4.78 is 5.32. The van der Waals surface area contributed by atoms with Crippen LogP contribution in [0.1, 0.15) is 6.42 Å². The first-order valence-electron chi connectivity index (χ1n) is 7.31. The Bertz CT molecular complexity index is 518. The zero-order valence-corrected chi connectivity index (χ0v) is 15.6. The van der Waals surface area contributed by atoms with E-state index in [9.17, 15) is 0 Å². The molecule has 128 valence electrons. The highest BCUT2D eigenvalue weighted by atomic mass is 35.5. The van der Waals surface area contributed by atoms with Crippen LogP contribution in [0, 0.1) is 0 Å². The Morgan fingerprint density at radius 2 is 1.83 bits per heavy atom. The van der Waals surface area contributed by atoms with Gasteiger partial charge in [-0.25, -0.2) is 0 Å². The van der Waals surface area contributed by atoms with Crippen LogP contribution >= 0.6 is 47.0 Å². The lowest BCUT2D eigenvalue weighted by Crippen LogP contribution is -2.41. The maximum Gasteiger partial charge on any atom is 0.185 e. The fourth-order valence-corrected chi connectivity index (χ4v) is 3.22. The number of morpholine rings is 1. The predicted molar refractivity (Wildman–Crippen MR) is 101 cm³/mol. The first kappa shape index (κ1) is 18.8. The van der Waals surface area contributed by atoms with E-state index in [-0.39, 0.29) is 0 Å². The van der Waals surface area contributed by atoms with Crippen molar-refractivity contribution in [2.24, 2.45) is 0 Å². The van der Waals surface area contributed by atoms with E-state index in [1.165, 1.54) is 0 Å². The van der Waals surface area contributed by atoms with Crippen molar-refractivity contribution in [3.05, 3.63) is 27.2 Å². The molecule has 1 aromatic rings. The van der Waals surface area contributed by atoms with Crippen molar-refractivity contribution in [1.29, 1.82) is 0 Å². The number of halogens is 3. The molecule has 23 heavy (non-hydrogen) atoms. The Labute approximate surface area is 156 Å². The van der Waals surface area contributed by atoms with Crippen molar-refractivity contribution >= 4 is 57.8 Å². The molecule has 0 amide bonds.